The van der Waals surface area contributed by atoms with Gasteiger partial charge in [0.2, 0.25) is 5.75 Å². The van der Waals surface area contributed by atoms with E-state index < -0.39 is 5.92 Å². The average Bonchev–Trinajstić information content (AvgIpc) is 3.35. The third-order valence-corrected chi connectivity index (χ3v) is 7.10. The number of amides is 3. The molecule has 5 rings (SSSR count). The predicted octanol–water partition coefficient (Wildman–Crippen LogP) is 3.84. The van der Waals surface area contributed by atoms with Crippen LogP contribution in [0.3, 0.4) is 0 Å². The molecule has 1 unspecified atom stereocenters. The average molecular weight is 559 g/mol. The Morgan fingerprint density at radius 3 is 2.10 bits per heavy atom. The van der Waals surface area contributed by atoms with Gasteiger partial charge in [-0.2, -0.15) is 5.10 Å². The van der Waals surface area contributed by atoms with Crippen LogP contribution in [0, 0.1) is 5.92 Å². The van der Waals surface area contributed by atoms with Gasteiger partial charge in [-0.15, -0.1) is 0 Å². The topological polar surface area (TPSA) is 119 Å². The van der Waals surface area contributed by atoms with Gasteiger partial charge in [-0.1, -0.05) is 0 Å². The van der Waals surface area contributed by atoms with E-state index in [-0.39, 0.29) is 24.3 Å². The van der Waals surface area contributed by atoms with E-state index >= 15 is 0 Å². The van der Waals surface area contributed by atoms with Crippen molar-refractivity contribution in [1.82, 2.24) is 4.90 Å². The van der Waals surface area contributed by atoms with Gasteiger partial charge in [0.1, 0.15) is 5.75 Å². The normalized spacial score (nSPS) is 16.0. The SMILES string of the molecule is COc1ccc(C(=O)Nc2ccc(N3N=C4CCN(C(=O)c5cc(OC)c(OC)c(OC)c5)CC4C3=O)cc2)cc1. The fraction of sp³-hybridized carbons (Fsp3) is 0.267. The minimum absolute atomic E-state index is 0.208. The Morgan fingerprint density at radius 1 is 0.854 bits per heavy atom. The van der Waals surface area contributed by atoms with Crippen LogP contribution in [0.25, 0.3) is 0 Å². The Labute approximate surface area is 237 Å². The number of benzene rings is 3. The number of anilines is 2. The lowest BCUT2D eigenvalue weighted by molar-refractivity contribution is -0.120. The number of methoxy groups -OCH3 is 4. The van der Waals surface area contributed by atoms with Gasteiger partial charge in [-0.05, 0) is 60.7 Å². The Bertz CT molecular complexity index is 1480. The van der Waals surface area contributed by atoms with Crippen molar-refractivity contribution in [2.24, 2.45) is 11.0 Å². The molecule has 41 heavy (non-hydrogen) atoms. The molecule has 3 amide bonds. The first-order chi connectivity index (χ1) is 19.9. The van der Waals surface area contributed by atoms with Gasteiger partial charge in [0.15, 0.2) is 11.5 Å². The van der Waals surface area contributed by atoms with Crippen LogP contribution in [-0.4, -0.2) is 69.9 Å². The smallest absolute Gasteiger partial charge is 0.258 e. The molecule has 0 aliphatic carbocycles. The monoisotopic (exact) mass is 558 g/mol. The molecule has 1 N–H and O–H groups in total. The molecule has 2 heterocycles. The molecular weight excluding hydrogens is 528 g/mol. The molecule has 0 bridgehead atoms. The summed E-state index contributed by atoms with van der Waals surface area (Å²) in [5.41, 5.74) is 2.75. The van der Waals surface area contributed by atoms with Crippen molar-refractivity contribution in [2.45, 2.75) is 6.42 Å². The lowest BCUT2D eigenvalue weighted by Crippen LogP contribution is -2.46. The number of nitrogens with one attached hydrogen (secondary N) is 1. The van der Waals surface area contributed by atoms with Crippen LogP contribution in [-0.2, 0) is 4.79 Å². The number of carbonyl (C=O) groups is 3. The van der Waals surface area contributed by atoms with Crippen LogP contribution in [0.15, 0.2) is 65.8 Å². The number of fused-ring (bicyclic) bond motifs is 1. The minimum atomic E-state index is -0.538. The van der Waals surface area contributed by atoms with Gasteiger partial charge >= 0.3 is 0 Å². The zero-order valence-corrected chi connectivity index (χ0v) is 23.2. The van der Waals surface area contributed by atoms with Crippen molar-refractivity contribution >= 4 is 34.8 Å². The molecule has 11 nitrogen and oxygen atoms in total. The molecule has 1 atom stereocenters. The number of rotatable bonds is 8. The van der Waals surface area contributed by atoms with E-state index in [0.717, 1.165) is 5.71 Å². The number of carbonyl (C=O) groups excluding carboxylic acids is 3. The maximum Gasteiger partial charge on any atom is 0.258 e. The highest BCUT2D eigenvalue weighted by atomic mass is 16.5. The first-order valence-electron chi connectivity index (χ1n) is 12.9. The lowest BCUT2D eigenvalue weighted by Gasteiger charge is -2.30. The highest BCUT2D eigenvalue weighted by molar-refractivity contribution is 6.16. The molecule has 3 aromatic rings. The first-order valence-corrected chi connectivity index (χ1v) is 12.9. The molecule has 3 aromatic carbocycles. The molecule has 0 saturated carbocycles. The fourth-order valence-electron chi connectivity index (χ4n) is 4.89. The van der Waals surface area contributed by atoms with Crippen molar-refractivity contribution in [3.8, 4) is 23.0 Å². The van der Waals surface area contributed by atoms with Crippen LogP contribution >= 0.6 is 0 Å². The van der Waals surface area contributed by atoms with Crippen molar-refractivity contribution < 1.29 is 33.3 Å². The second-order valence-corrected chi connectivity index (χ2v) is 9.44. The number of hydrazone groups is 1. The van der Waals surface area contributed by atoms with E-state index in [1.54, 1.807) is 72.7 Å². The van der Waals surface area contributed by atoms with Crippen molar-refractivity contribution in [1.29, 1.82) is 0 Å². The van der Waals surface area contributed by atoms with Crippen LogP contribution in [0.5, 0.6) is 23.0 Å². The van der Waals surface area contributed by atoms with E-state index in [0.29, 0.717) is 58.5 Å². The van der Waals surface area contributed by atoms with Gasteiger partial charge in [0.05, 0.1) is 45.8 Å². The summed E-state index contributed by atoms with van der Waals surface area (Å²) in [5, 5.41) is 8.77. The van der Waals surface area contributed by atoms with Crippen LogP contribution < -0.4 is 29.3 Å². The Balaban J connectivity index is 1.26. The summed E-state index contributed by atoms with van der Waals surface area (Å²) in [7, 11) is 6.04. The summed E-state index contributed by atoms with van der Waals surface area (Å²) in [4.78, 5) is 41.0. The quantitative estimate of drug-likeness (QED) is 0.446. The molecule has 212 valence electrons. The molecule has 1 saturated heterocycles. The summed E-state index contributed by atoms with van der Waals surface area (Å²) in [6.07, 6.45) is 0.471. The number of hydrogen-bond acceptors (Lipinski definition) is 8. The summed E-state index contributed by atoms with van der Waals surface area (Å²) >= 11 is 0. The van der Waals surface area contributed by atoms with Crippen molar-refractivity contribution in [3.05, 3.63) is 71.8 Å². The van der Waals surface area contributed by atoms with Gasteiger partial charge in [0.25, 0.3) is 17.7 Å². The zero-order valence-electron chi connectivity index (χ0n) is 23.2. The molecule has 0 aromatic heterocycles. The highest BCUT2D eigenvalue weighted by Crippen LogP contribution is 2.39. The first kappa shape index (κ1) is 27.5. The second kappa shape index (κ2) is 11.6. The van der Waals surface area contributed by atoms with E-state index in [1.165, 1.54) is 26.3 Å². The van der Waals surface area contributed by atoms with Crippen molar-refractivity contribution in [2.75, 3.05) is 51.9 Å². The molecular formula is C30H30N4O7. The standard InChI is InChI=1S/C30H30N4O7/c1-38-22-11-5-18(6-12-22)28(35)31-20-7-9-21(10-8-20)34-30(37)23-17-33(14-13-24(23)32-34)29(36)19-15-25(39-2)27(41-4)26(16-19)40-3/h5-12,15-16,23H,13-14,17H2,1-4H3,(H,31,35). The molecule has 11 heteroatoms. The lowest BCUT2D eigenvalue weighted by atomic mass is 9.95. The van der Waals surface area contributed by atoms with E-state index in [4.69, 9.17) is 18.9 Å². The van der Waals surface area contributed by atoms with Crippen LogP contribution in [0.1, 0.15) is 27.1 Å². The Kier molecular flexibility index (Phi) is 7.77. The van der Waals surface area contributed by atoms with E-state index in [2.05, 4.69) is 10.4 Å². The van der Waals surface area contributed by atoms with Gasteiger partial charge in [0, 0.05) is 36.3 Å². The van der Waals surface area contributed by atoms with Crippen LogP contribution in [0.2, 0.25) is 0 Å². The van der Waals surface area contributed by atoms with E-state index in [1.807, 2.05) is 0 Å². The number of likely N-dealkylation sites (tertiary alicyclic amines) is 1. The third-order valence-electron chi connectivity index (χ3n) is 7.10. The molecule has 0 radical (unpaired) electrons. The summed E-state index contributed by atoms with van der Waals surface area (Å²) in [6, 6.07) is 16.9. The fourth-order valence-corrected chi connectivity index (χ4v) is 4.89. The number of hydrogen-bond donors (Lipinski definition) is 1. The number of ether oxygens (including phenoxy) is 4. The van der Waals surface area contributed by atoms with Gasteiger partial charge < -0.3 is 29.2 Å². The van der Waals surface area contributed by atoms with Gasteiger partial charge in [-0.3, -0.25) is 14.4 Å². The number of nitrogens with zero attached hydrogens (tertiary/aromatic N) is 3. The second-order valence-electron chi connectivity index (χ2n) is 9.44. The molecule has 0 spiro atoms. The summed E-state index contributed by atoms with van der Waals surface area (Å²) in [5.74, 6) is 0.556. The maximum absolute atomic E-state index is 13.4. The predicted molar refractivity (Wildman–Crippen MR) is 152 cm³/mol. The van der Waals surface area contributed by atoms with Gasteiger partial charge in [-0.25, -0.2) is 5.01 Å². The molecule has 2 aliphatic heterocycles. The van der Waals surface area contributed by atoms with Crippen molar-refractivity contribution in [3.63, 3.8) is 0 Å². The zero-order chi connectivity index (χ0) is 29.1. The summed E-state index contributed by atoms with van der Waals surface area (Å²) in [6.45, 7) is 0.627. The van der Waals surface area contributed by atoms with Crippen LogP contribution in [0.4, 0.5) is 11.4 Å². The highest BCUT2D eigenvalue weighted by Gasteiger charge is 2.41. The minimum Gasteiger partial charge on any atom is -0.497 e. The molecule has 2 aliphatic rings. The molecule has 1 fully saturated rings. The van der Waals surface area contributed by atoms with E-state index in [9.17, 15) is 14.4 Å². The maximum atomic E-state index is 13.4. The summed E-state index contributed by atoms with van der Waals surface area (Å²) < 4.78 is 21.2. The largest absolute Gasteiger partial charge is 0.497 e. The third kappa shape index (κ3) is 5.38. The Hall–Kier alpha value is -5.06. The number of piperidine rings is 1. The Morgan fingerprint density at radius 2 is 1.51 bits per heavy atom.